The van der Waals surface area contributed by atoms with Crippen molar-refractivity contribution in [3.05, 3.63) is 117 Å². The van der Waals surface area contributed by atoms with Crippen molar-refractivity contribution in [1.82, 2.24) is 4.57 Å². The molecule has 12 heteroatoms. The second-order valence-electron chi connectivity index (χ2n) is 10.00. The Morgan fingerprint density at radius 3 is 2.57 bits per heavy atom. The summed E-state index contributed by atoms with van der Waals surface area (Å²) in [6.07, 6.45) is 1.74. The molecule has 0 saturated carbocycles. The quantitative estimate of drug-likeness (QED) is 0.177. The minimum Gasteiger partial charge on any atom is -0.493 e. The van der Waals surface area contributed by atoms with E-state index in [1.807, 2.05) is 31.2 Å². The predicted octanol–water partition coefficient (Wildman–Crippen LogP) is 6.18. The van der Waals surface area contributed by atoms with Gasteiger partial charge >= 0.3 is 5.97 Å². The number of esters is 1. The van der Waals surface area contributed by atoms with Crippen LogP contribution in [-0.2, 0) is 16.1 Å². The molecule has 0 amide bonds. The van der Waals surface area contributed by atoms with Gasteiger partial charge in [-0.05, 0) is 68.8 Å². The van der Waals surface area contributed by atoms with Crippen molar-refractivity contribution in [3.63, 3.8) is 0 Å². The fourth-order valence-corrected chi connectivity index (χ4v) is 7.05. The summed E-state index contributed by atoms with van der Waals surface area (Å²) in [6, 6.07) is 17.6. The molecule has 1 aliphatic rings. The fraction of sp³-hybridized carbons (Fsp3) is 0.235. The van der Waals surface area contributed by atoms with Crippen molar-refractivity contribution in [2.24, 2.45) is 4.99 Å². The molecule has 5 rings (SSSR count). The van der Waals surface area contributed by atoms with Gasteiger partial charge in [-0.3, -0.25) is 9.36 Å². The number of allylic oxidation sites excluding steroid dienone is 1. The Morgan fingerprint density at radius 2 is 1.85 bits per heavy atom. The number of ether oxygens (including phenoxy) is 4. The number of carbonyl (C=O) groups is 1. The molecule has 1 atom stereocenters. The molecule has 0 unspecified atom stereocenters. The van der Waals surface area contributed by atoms with E-state index in [2.05, 4.69) is 42.9 Å². The third-order valence-electron chi connectivity index (χ3n) is 7.17. The van der Waals surface area contributed by atoms with Crippen LogP contribution in [0.15, 0.2) is 84.6 Å². The van der Waals surface area contributed by atoms with Crippen LogP contribution in [0.4, 0.5) is 0 Å². The number of aromatic nitrogens is 1. The molecule has 0 saturated heterocycles. The van der Waals surface area contributed by atoms with Gasteiger partial charge in [0.1, 0.15) is 12.4 Å². The van der Waals surface area contributed by atoms with Gasteiger partial charge in [0.2, 0.25) is 0 Å². The van der Waals surface area contributed by atoms with E-state index in [1.54, 1.807) is 50.3 Å². The lowest BCUT2D eigenvalue weighted by atomic mass is 9.95. The highest BCUT2D eigenvalue weighted by molar-refractivity contribution is 9.10. The van der Waals surface area contributed by atoms with Crippen LogP contribution in [0.5, 0.6) is 17.2 Å². The van der Waals surface area contributed by atoms with E-state index < -0.39 is 12.0 Å². The Hall–Kier alpha value is -4.18. The van der Waals surface area contributed by atoms with Crippen LogP contribution < -0.4 is 29.1 Å². The van der Waals surface area contributed by atoms with Crippen LogP contribution in [0.1, 0.15) is 49.1 Å². The molecule has 0 fully saturated rings. The van der Waals surface area contributed by atoms with Gasteiger partial charge in [0.25, 0.3) is 5.56 Å². The number of carbonyl (C=O) groups excluding carboxylic acids is 1. The summed E-state index contributed by atoms with van der Waals surface area (Å²) in [7, 11) is 1.53. The second-order valence-corrected chi connectivity index (χ2v) is 12.8. The molecule has 1 aromatic heterocycles. The lowest BCUT2D eigenvalue weighted by Crippen LogP contribution is -2.40. The molecule has 0 aliphatic carbocycles. The average molecular weight is 767 g/mol. The first-order chi connectivity index (χ1) is 22.2. The highest BCUT2D eigenvalue weighted by atomic mass is 79.9. The van der Waals surface area contributed by atoms with Crippen LogP contribution >= 0.6 is 43.2 Å². The summed E-state index contributed by atoms with van der Waals surface area (Å²) in [6.45, 7) is 6.09. The van der Waals surface area contributed by atoms with E-state index in [9.17, 15) is 14.9 Å². The first-order valence-corrected chi connectivity index (χ1v) is 16.7. The first-order valence-electron chi connectivity index (χ1n) is 14.3. The number of halogens is 2. The predicted molar refractivity (Wildman–Crippen MR) is 182 cm³/mol. The summed E-state index contributed by atoms with van der Waals surface area (Å²) in [5, 5.41) is 9.49. The molecule has 4 aromatic rings. The first kappa shape index (κ1) is 33.2. The molecule has 0 bridgehead atoms. The monoisotopic (exact) mass is 765 g/mol. The number of thiazole rings is 1. The van der Waals surface area contributed by atoms with Crippen LogP contribution in [0.3, 0.4) is 0 Å². The number of nitrogens with zero attached hydrogens (tertiary/aromatic N) is 3. The number of hydrogen-bond donors (Lipinski definition) is 0. The smallest absolute Gasteiger partial charge is 0.338 e. The van der Waals surface area contributed by atoms with Crippen molar-refractivity contribution < 1.29 is 23.7 Å². The third kappa shape index (κ3) is 6.67. The van der Waals surface area contributed by atoms with Gasteiger partial charge in [0, 0.05) is 20.1 Å². The summed E-state index contributed by atoms with van der Waals surface area (Å²) in [4.78, 5) is 32.8. The zero-order chi connectivity index (χ0) is 33.0. The average Bonchev–Trinajstić information content (AvgIpc) is 3.34. The minimum atomic E-state index is -0.864. The zero-order valence-electron chi connectivity index (χ0n) is 25.4. The normalized spacial score (nSPS) is 14.3. The van der Waals surface area contributed by atoms with E-state index >= 15 is 0 Å². The molecule has 1 aliphatic heterocycles. The van der Waals surface area contributed by atoms with E-state index in [0.717, 1.165) is 10.0 Å². The number of fused-ring (bicyclic) bond motifs is 1. The van der Waals surface area contributed by atoms with Gasteiger partial charge < -0.3 is 18.9 Å². The summed E-state index contributed by atoms with van der Waals surface area (Å²) in [5.41, 5.74) is 2.87. The molecule has 9 nitrogen and oxygen atoms in total. The number of benzene rings is 3. The van der Waals surface area contributed by atoms with Crippen molar-refractivity contribution >= 4 is 55.2 Å². The highest BCUT2D eigenvalue weighted by Gasteiger charge is 2.35. The maximum Gasteiger partial charge on any atom is 0.338 e. The number of rotatable bonds is 10. The van der Waals surface area contributed by atoms with Gasteiger partial charge in [0.15, 0.2) is 16.3 Å². The largest absolute Gasteiger partial charge is 0.493 e. The highest BCUT2D eigenvalue weighted by Crippen LogP contribution is 2.41. The van der Waals surface area contributed by atoms with Gasteiger partial charge in [0.05, 0.1) is 53.8 Å². The van der Waals surface area contributed by atoms with Crippen molar-refractivity contribution in [2.45, 2.75) is 33.4 Å². The Morgan fingerprint density at radius 1 is 1.07 bits per heavy atom. The topological polar surface area (TPSA) is 112 Å². The molecule has 46 heavy (non-hydrogen) atoms. The molecule has 0 radical (unpaired) electrons. The van der Waals surface area contributed by atoms with Crippen molar-refractivity contribution in [1.29, 1.82) is 5.26 Å². The van der Waals surface area contributed by atoms with Crippen LogP contribution in [0.25, 0.3) is 6.08 Å². The molecule has 236 valence electrons. The Labute approximate surface area is 286 Å². The van der Waals surface area contributed by atoms with Gasteiger partial charge in [-0.15, -0.1) is 0 Å². The van der Waals surface area contributed by atoms with E-state index in [4.69, 9.17) is 18.9 Å². The Bertz CT molecular complexity index is 2080. The number of methoxy groups -OCH3 is 1. The van der Waals surface area contributed by atoms with E-state index in [0.29, 0.717) is 60.0 Å². The SMILES string of the molecule is CCOC(=O)C1=C(C)N=c2s/c(=C/c3cc(Br)ccc3OCc3ccccc3C#N)c(=O)n2[C@@H]1c1cc(OC)c(OCC)cc1Br. The summed E-state index contributed by atoms with van der Waals surface area (Å²) in [5.74, 6) is 0.934. The summed E-state index contributed by atoms with van der Waals surface area (Å²) < 4.78 is 26.3. The Kier molecular flexibility index (Phi) is 10.5. The van der Waals surface area contributed by atoms with Gasteiger partial charge in [-0.25, -0.2) is 9.79 Å². The third-order valence-corrected chi connectivity index (χ3v) is 9.34. The molecular weight excluding hydrogens is 738 g/mol. The summed E-state index contributed by atoms with van der Waals surface area (Å²) >= 11 is 8.38. The van der Waals surface area contributed by atoms with Crippen molar-refractivity contribution in [3.8, 4) is 23.3 Å². The van der Waals surface area contributed by atoms with Crippen molar-refractivity contribution in [2.75, 3.05) is 20.3 Å². The van der Waals surface area contributed by atoms with E-state index in [1.165, 1.54) is 23.0 Å². The molecule has 0 spiro atoms. The molecule has 2 heterocycles. The van der Waals surface area contributed by atoms with Gasteiger partial charge in [-0.2, -0.15) is 5.26 Å². The van der Waals surface area contributed by atoms with Crippen LogP contribution in [0.2, 0.25) is 0 Å². The molecular formula is C34H29Br2N3O6S. The zero-order valence-corrected chi connectivity index (χ0v) is 29.4. The maximum absolute atomic E-state index is 14.3. The Balaban J connectivity index is 1.67. The molecule has 3 aromatic carbocycles. The minimum absolute atomic E-state index is 0.158. The number of nitriles is 1. The second kappa shape index (κ2) is 14.5. The number of hydrogen-bond acceptors (Lipinski definition) is 9. The van der Waals surface area contributed by atoms with E-state index in [-0.39, 0.29) is 24.3 Å². The van der Waals surface area contributed by atoms with Gasteiger partial charge in [-0.1, -0.05) is 61.4 Å². The lowest BCUT2D eigenvalue weighted by molar-refractivity contribution is -0.139. The fourth-order valence-electron chi connectivity index (χ4n) is 5.09. The standard InChI is InChI=1S/C34H29Br2N3O6S/c1-5-43-28-16-25(36)24(15-27(28)42-4)31-30(33(41)44-6-2)19(3)38-34-39(31)32(40)29(46-34)14-22-13-23(35)11-12-26(22)45-18-21-10-8-7-9-20(21)17-37/h7-16,31H,5-6,18H2,1-4H3/b29-14+/t31-/m1/s1. The van der Waals surface area contributed by atoms with Crippen LogP contribution in [-0.4, -0.2) is 30.9 Å². The maximum atomic E-state index is 14.3. The van der Waals surface area contributed by atoms with Crippen LogP contribution in [0, 0.1) is 11.3 Å². The lowest BCUT2D eigenvalue weighted by Gasteiger charge is -2.26. The molecule has 0 N–H and O–H groups in total.